The van der Waals surface area contributed by atoms with Crippen molar-refractivity contribution in [3.8, 4) is 16.9 Å². The number of carboxylic acid groups (broad SMARTS) is 1. The van der Waals surface area contributed by atoms with Crippen LogP contribution in [0.1, 0.15) is 120 Å². The van der Waals surface area contributed by atoms with E-state index in [1.807, 2.05) is 18.2 Å². The normalized spacial score (nSPS) is 12.0. The number of benzene rings is 2. The van der Waals surface area contributed by atoms with Gasteiger partial charge in [-0.05, 0) is 60.2 Å². The molecule has 0 saturated carbocycles. The molecule has 1 unspecified atom stereocenters. The van der Waals surface area contributed by atoms with Gasteiger partial charge >= 0.3 is 5.97 Å². The highest BCUT2D eigenvalue weighted by Crippen LogP contribution is 2.34. The van der Waals surface area contributed by atoms with Crippen LogP contribution < -0.4 is 4.74 Å². The largest absolute Gasteiger partial charge is 0.494 e. The highest BCUT2D eigenvalue weighted by molar-refractivity contribution is 5.89. The summed E-state index contributed by atoms with van der Waals surface area (Å²) in [4.78, 5) is 11.7. The number of hydrogen-bond acceptors (Lipinski definition) is 3. The number of aromatic carboxylic acids is 1. The molecule has 2 rings (SSSR count). The minimum Gasteiger partial charge on any atom is -0.494 e. The van der Waals surface area contributed by atoms with E-state index in [1.165, 1.54) is 57.8 Å². The topological polar surface area (TPSA) is 55.8 Å². The molecule has 0 aliphatic rings. The van der Waals surface area contributed by atoms with Gasteiger partial charge < -0.3 is 14.6 Å². The fourth-order valence-electron chi connectivity index (χ4n) is 4.39. The number of carbonyl (C=O) groups is 1. The first-order valence-corrected chi connectivity index (χ1v) is 13.8. The van der Waals surface area contributed by atoms with E-state index >= 15 is 0 Å². The molecule has 0 amide bonds. The monoisotopic (exact) mass is 482 g/mol. The van der Waals surface area contributed by atoms with Crippen molar-refractivity contribution >= 4 is 5.97 Å². The lowest BCUT2D eigenvalue weighted by Gasteiger charge is -2.21. The van der Waals surface area contributed by atoms with Crippen molar-refractivity contribution in [2.24, 2.45) is 0 Å². The summed E-state index contributed by atoms with van der Waals surface area (Å²) in [6.07, 6.45) is 14.1. The smallest absolute Gasteiger partial charge is 0.335 e. The minimum absolute atomic E-state index is 0.126. The standard InChI is InChI=1S/C31H46O4/c1-4-7-9-11-13-14-22-34-27-19-16-25(17-20-27)28-21-18-26(31(32)33)24-29(28)30(6-3)35-23-15-12-10-8-5-2/h16-21,24,30H,4-15,22-23H2,1-3H3,(H,32,33). The maximum Gasteiger partial charge on any atom is 0.335 e. The fourth-order valence-corrected chi connectivity index (χ4v) is 4.39. The van der Waals surface area contributed by atoms with E-state index in [0.717, 1.165) is 48.3 Å². The van der Waals surface area contributed by atoms with Crippen LogP contribution in [0.2, 0.25) is 0 Å². The van der Waals surface area contributed by atoms with Crippen molar-refractivity contribution in [2.45, 2.75) is 104 Å². The molecule has 194 valence electrons. The third-order valence-corrected chi connectivity index (χ3v) is 6.52. The molecule has 35 heavy (non-hydrogen) atoms. The van der Waals surface area contributed by atoms with Gasteiger partial charge in [0, 0.05) is 6.61 Å². The van der Waals surface area contributed by atoms with Gasteiger partial charge in [-0.2, -0.15) is 0 Å². The quantitative estimate of drug-likeness (QED) is 0.203. The van der Waals surface area contributed by atoms with Gasteiger partial charge in [0.05, 0.1) is 18.3 Å². The van der Waals surface area contributed by atoms with Crippen LogP contribution in [0.5, 0.6) is 5.75 Å². The molecule has 1 N–H and O–H groups in total. The molecule has 0 heterocycles. The number of ether oxygens (including phenoxy) is 2. The van der Waals surface area contributed by atoms with Crippen molar-refractivity contribution < 1.29 is 19.4 Å². The van der Waals surface area contributed by atoms with Gasteiger partial charge in [-0.15, -0.1) is 0 Å². The van der Waals surface area contributed by atoms with Crippen molar-refractivity contribution in [3.63, 3.8) is 0 Å². The Morgan fingerprint density at radius 3 is 1.97 bits per heavy atom. The Balaban J connectivity index is 2.05. The van der Waals surface area contributed by atoms with Crippen molar-refractivity contribution in [2.75, 3.05) is 13.2 Å². The maximum atomic E-state index is 11.7. The number of hydrogen-bond donors (Lipinski definition) is 1. The van der Waals surface area contributed by atoms with Gasteiger partial charge in [0.2, 0.25) is 0 Å². The van der Waals surface area contributed by atoms with E-state index in [4.69, 9.17) is 9.47 Å². The van der Waals surface area contributed by atoms with Gasteiger partial charge in [-0.1, -0.05) is 96.8 Å². The van der Waals surface area contributed by atoms with E-state index in [-0.39, 0.29) is 6.10 Å². The average Bonchev–Trinajstić information content (AvgIpc) is 2.88. The first-order valence-electron chi connectivity index (χ1n) is 13.8. The fraction of sp³-hybridized carbons (Fsp3) is 0.581. The predicted molar refractivity (Wildman–Crippen MR) is 145 cm³/mol. The highest BCUT2D eigenvalue weighted by atomic mass is 16.5. The summed E-state index contributed by atoms with van der Waals surface area (Å²) in [5.41, 5.74) is 3.32. The summed E-state index contributed by atoms with van der Waals surface area (Å²) in [6, 6.07) is 13.5. The van der Waals surface area contributed by atoms with E-state index in [1.54, 1.807) is 12.1 Å². The summed E-state index contributed by atoms with van der Waals surface area (Å²) in [7, 11) is 0. The molecule has 2 aromatic carbocycles. The molecule has 0 aliphatic carbocycles. The third kappa shape index (κ3) is 10.4. The molecule has 0 radical (unpaired) electrons. The Bertz CT molecular complexity index is 844. The first kappa shape index (κ1) is 28.9. The summed E-state index contributed by atoms with van der Waals surface area (Å²) < 4.78 is 12.2. The summed E-state index contributed by atoms with van der Waals surface area (Å²) in [5, 5.41) is 9.56. The second kappa shape index (κ2) is 17.2. The number of unbranched alkanes of at least 4 members (excludes halogenated alkanes) is 9. The molecule has 0 saturated heterocycles. The van der Waals surface area contributed by atoms with Gasteiger partial charge in [0.1, 0.15) is 5.75 Å². The van der Waals surface area contributed by atoms with Crippen LogP contribution in [0.3, 0.4) is 0 Å². The molecule has 0 spiro atoms. The summed E-state index contributed by atoms with van der Waals surface area (Å²) in [6.45, 7) is 7.99. The summed E-state index contributed by atoms with van der Waals surface area (Å²) in [5.74, 6) is -0.0351. The van der Waals surface area contributed by atoms with Crippen LogP contribution in [-0.4, -0.2) is 24.3 Å². The van der Waals surface area contributed by atoms with Crippen LogP contribution in [0.25, 0.3) is 11.1 Å². The predicted octanol–water partition coefficient (Wildman–Crippen LogP) is 9.23. The Morgan fingerprint density at radius 2 is 1.37 bits per heavy atom. The molecule has 2 aromatic rings. The third-order valence-electron chi connectivity index (χ3n) is 6.52. The second-order valence-electron chi connectivity index (χ2n) is 9.43. The zero-order chi connectivity index (χ0) is 25.3. The Kier molecular flexibility index (Phi) is 14.2. The lowest BCUT2D eigenvalue weighted by molar-refractivity contribution is 0.0475. The SMILES string of the molecule is CCCCCCCCOc1ccc(-c2ccc(C(=O)O)cc2C(CC)OCCCCCCC)cc1. The minimum atomic E-state index is -0.911. The van der Waals surface area contributed by atoms with Gasteiger partial charge in [0.15, 0.2) is 0 Å². The zero-order valence-corrected chi connectivity index (χ0v) is 22.2. The number of carboxylic acids is 1. The Hall–Kier alpha value is -2.33. The number of rotatable bonds is 19. The first-order chi connectivity index (χ1) is 17.1. The molecule has 1 atom stereocenters. The van der Waals surface area contributed by atoms with Crippen LogP contribution in [0.4, 0.5) is 0 Å². The molecule has 4 heteroatoms. The van der Waals surface area contributed by atoms with Gasteiger partial charge in [0.25, 0.3) is 0 Å². The molecular formula is C31H46O4. The molecule has 0 fully saturated rings. The maximum absolute atomic E-state index is 11.7. The van der Waals surface area contributed by atoms with Gasteiger partial charge in [-0.3, -0.25) is 0 Å². The van der Waals surface area contributed by atoms with Crippen LogP contribution >= 0.6 is 0 Å². The van der Waals surface area contributed by atoms with E-state index in [2.05, 4.69) is 32.9 Å². The summed E-state index contributed by atoms with van der Waals surface area (Å²) >= 11 is 0. The van der Waals surface area contributed by atoms with Gasteiger partial charge in [-0.25, -0.2) is 4.79 Å². The van der Waals surface area contributed by atoms with Crippen LogP contribution in [0, 0.1) is 0 Å². The Labute approximate surface area is 213 Å². The molecule has 0 aromatic heterocycles. The van der Waals surface area contributed by atoms with E-state index in [0.29, 0.717) is 12.2 Å². The van der Waals surface area contributed by atoms with Crippen molar-refractivity contribution in [1.29, 1.82) is 0 Å². The lowest BCUT2D eigenvalue weighted by atomic mass is 9.93. The lowest BCUT2D eigenvalue weighted by Crippen LogP contribution is -2.08. The molecular weight excluding hydrogens is 436 g/mol. The van der Waals surface area contributed by atoms with Crippen LogP contribution in [0.15, 0.2) is 42.5 Å². The molecule has 0 bridgehead atoms. The molecule has 0 aliphatic heterocycles. The average molecular weight is 483 g/mol. The van der Waals surface area contributed by atoms with Crippen LogP contribution in [-0.2, 0) is 4.74 Å². The highest BCUT2D eigenvalue weighted by Gasteiger charge is 2.18. The van der Waals surface area contributed by atoms with E-state index < -0.39 is 5.97 Å². The molecule has 4 nitrogen and oxygen atoms in total. The Morgan fingerprint density at radius 1 is 0.771 bits per heavy atom. The van der Waals surface area contributed by atoms with Crippen molar-refractivity contribution in [1.82, 2.24) is 0 Å². The zero-order valence-electron chi connectivity index (χ0n) is 22.2. The van der Waals surface area contributed by atoms with E-state index in [9.17, 15) is 9.90 Å². The second-order valence-corrected chi connectivity index (χ2v) is 9.43. The van der Waals surface area contributed by atoms with Crippen molar-refractivity contribution in [3.05, 3.63) is 53.6 Å².